The molecular weight excluding hydrogens is 254 g/mol. The van der Waals surface area contributed by atoms with E-state index in [1.165, 1.54) is 0 Å². The van der Waals surface area contributed by atoms with Crippen molar-refractivity contribution >= 4 is 5.97 Å². The largest absolute Gasteiger partial charge is 0.459 e. The van der Waals surface area contributed by atoms with Gasteiger partial charge in [0.25, 0.3) is 0 Å². The van der Waals surface area contributed by atoms with Crippen LogP contribution in [-0.4, -0.2) is 38.9 Å². The van der Waals surface area contributed by atoms with Crippen LogP contribution in [0.25, 0.3) is 0 Å². The Kier molecular flexibility index (Phi) is 6.02. The fourth-order valence-electron chi connectivity index (χ4n) is 2.38. The molecule has 1 N–H and O–H groups in total. The van der Waals surface area contributed by atoms with Crippen LogP contribution in [0.4, 0.5) is 0 Å². The van der Waals surface area contributed by atoms with Crippen molar-refractivity contribution in [3.63, 3.8) is 0 Å². The average Bonchev–Trinajstić information content (AvgIpc) is 2.52. The molecule has 110 valence electrons. The van der Waals surface area contributed by atoms with Gasteiger partial charge in [0.2, 0.25) is 0 Å². The minimum Gasteiger partial charge on any atom is -0.459 e. The first-order valence-corrected chi connectivity index (χ1v) is 7.32. The van der Waals surface area contributed by atoms with E-state index in [-0.39, 0.29) is 12.1 Å². The Morgan fingerprint density at radius 3 is 3.00 bits per heavy atom. The van der Waals surface area contributed by atoms with Gasteiger partial charge in [0.05, 0.1) is 11.7 Å². The minimum atomic E-state index is -0.245. The molecule has 1 aromatic rings. The van der Waals surface area contributed by atoms with E-state index in [2.05, 4.69) is 5.32 Å². The first kappa shape index (κ1) is 15.0. The lowest BCUT2D eigenvalue weighted by molar-refractivity contribution is -0.0300. The summed E-state index contributed by atoms with van der Waals surface area (Å²) in [5.74, 6) is -0.245. The molecule has 0 saturated carbocycles. The van der Waals surface area contributed by atoms with Crippen molar-refractivity contribution in [2.45, 2.75) is 31.8 Å². The first-order valence-electron chi connectivity index (χ1n) is 7.32. The molecule has 1 aliphatic rings. The topological polar surface area (TPSA) is 47.6 Å². The van der Waals surface area contributed by atoms with Gasteiger partial charge >= 0.3 is 5.97 Å². The summed E-state index contributed by atoms with van der Waals surface area (Å²) in [7, 11) is 1.90. The van der Waals surface area contributed by atoms with Gasteiger partial charge in [0, 0.05) is 6.61 Å². The van der Waals surface area contributed by atoms with Crippen LogP contribution in [-0.2, 0) is 15.9 Å². The molecule has 0 aromatic heterocycles. The number of carbonyl (C=O) groups excluding carboxylic acids is 1. The summed E-state index contributed by atoms with van der Waals surface area (Å²) < 4.78 is 11.0. The minimum absolute atomic E-state index is 0.0668. The number of hydrogen-bond donors (Lipinski definition) is 1. The first-order chi connectivity index (χ1) is 9.81. The Morgan fingerprint density at radius 1 is 1.40 bits per heavy atom. The quantitative estimate of drug-likeness (QED) is 0.810. The number of nitrogens with one attached hydrogen (secondary N) is 1. The third-order valence-corrected chi connectivity index (χ3v) is 3.56. The van der Waals surface area contributed by atoms with Crippen LogP contribution >= 0.6 is 0 Å². The van der Waals surface area contributed by atoms with Gasteiger partial charge in [-0.05, 0) is 50.9 Å². The Hall–Kier alpha value is -1.39. The third kappa shape index (κ3) is 4.32. The molecule has 0 bridgehead atoms. The maximum atomic E-state index is 12.2. The molecule has 4 heteroatoms. The van der Waals surface area contributed by atoms with Gasteiger partial charge in [-0.25, -0.2) is 4.79 Å². The standard InChI is InChI=1S/C16H23NO3/c1-17-10-9-13-6-2-3-8-15(13)16(18)20-12-14-7-4-5-11-19-14/h2-3,6,8,14,17H,4-5,7,9-12H2,1H3. The number of ether oxygens (including phenoxy) is 2. The molecule has 1 aromatic carbocycles. The molecule has 0 amide bonds. The van der Waals surface area contributed by atoms with E-state index in [1.807, 2.05) is 31.3 Å². The molecule has 1 aliphatic heterocycles. The van der Waals surface area contributed by atoms with Crippen molar-refractivity contribution in [2.75, 3.05) is 26.8 Å². The number of likely N-dealkylation sites (N-methyl/N-ethyl adjacent to an activating group) is 1. The normalized spacial score (nSPS) is 18.8. The van der Waals surface area contributed by atoms with Gasteiger partial charge in [-0.1, -0.05) is 18.2 Å². The van der Waals surface area contributed by atoms with Crippen LogP contribution in [0.15, 0.2) is 24.3 Å². The number of hydrogen-bond acceptors (Lipinski definition) is 4. The van der Waals surface area contributed by atoms with Gasteiger partial charge in [-0.3, -0.25) is 0 Å². The monoisotopic (exact) mass is 277 g/mol. The molecule has 4 nitrogen and oxygen atoms in total. The van der Waals surface area contributed by atoms with E-state index in [0.717, 1.165) is 44.4 Å². The molecule has 20 heavy (non-hydrogen) atoms. The van der Waals surface area contributed by atoms with E-state index in [4.69, 9.17) is 9.47 Å². The lowest BCUT2D eigenvalue weighted by atomic mass is 10.0. The van der Waals surface area contributed by atoms with Crippen molar-refractivity contribution in [3.8, 4) is 0 Å². The summed E-state index contributed by atoms with van der Waals surface area (Å²) in [6.07, 6.45) is 4.13. The second-order valence-electron chi connectivity index (χ2n) is 5.10. The highest BCUT2D eigenvalue weighted by Gasteiger charge is 2.18. The summed E-state index contributed by atoms with van der Waals surface area (Å²) in [4.78, 5) is 12.2. The summed E-state index contributed by atoms with van der Waals surface area (Å²) in [5, 5.41) is 3.09. The molecule has 0 spiro atoms. The van der Waals surface area contributed by atoms with Crippen molar-refractivity contribution in [2.24, 2.45) is 0 Å². The smallest absolute Gasteiger partial charge is 0.338 e. The van der Waals surface area contributed by atoms with E-state index >= 15 is 0 Å². The molecule has 2 rings (SSSR count). The third-order valence-electron chi connectivity index (χ3n) is 3.56. The highest BCUT2D eigenvalue weighted by atomic mass is 16.6. The predicted octanol–water partition coefficient (Wildman–Crippen LogP) is 2.17. The van der Waals surface area contributed by atoms with Gasteiger partial charge in [0.1, 0.15) is 6.61 Å². The lowest BCUT2D eigenvalue weighted by Crippen LogP contribution is -2.26. The van der Waals surface area contributed by atoms with Crippen LogP contribution in [0.1, 0.15) is 35.2 Å². The zero-order valence-electron chi connectivity index (χ0n) is 12.1. The van der Waals surface area contributed by atoms with Crippen LogP contribution in [0.5, 0.6) is 0 Å². The lowest BCUT2D eigenvalue weighted by Gasteiger charge is -2.22. The zero-order valence-corrected chi connectivity index (χ0v) is 12.1. The van der Waals surface area contributed by atoms with Crippen LogP contribution in [0.2, 0.25) is 0 Å². The zero-order chi connectivity index (χ0) is 14.2. The Bertz CT molecular complexity index is 427. The molecule has 0 aliphatic carbocycles. The van der Waals surface area contributed by atoms with Crippen molar-refractivity contribution in [1.82, 2.24) is 5.32 Å². The molecule has 1 fully saturated rings. The van der Waals surface area contributed by atoms with Gasteiger partial charge in [-0.2, -0.15) is 0 Å². The van der Waals surface area contributed by atoms with E-state index in [1.54, 1.807) is 0 Å². The Labute approximate surface area is 120 Å². The van der Waals surface area contributed by atoms with Gasteiger partial charge in [-0.15, -0.1) is 0 Å². The fourth-order valence-corrected chi connectivity index (χ4v) is 2.38. The second-order valence-corrected chi connectivity index (χ2v) is 5.10. The number of rotatable bonds is 6. The number of esters is 1. The molecule has 1 unspecified atom stereocenters. The average molecular weight is 277 g/mol. The molecule has 1 atom stereocenters. The maximum Gasteiger partial charge on any atom is 0.338 e. The number of carbonyl (C=O) groups is 1. The van der Waals surface area contributed by atoms with Crippen LogP contribution in [0, 0.1) is 0 Å². The molecule has 0 radical (unpaired) electrons. The van der Waals surface area contributed by atoms with E-state index in [9.17, 15) is 4.79 Å². The van der Waals surface area contributed by atoms with Gasteiger partial charge < -0.3 is 14.8 Å². The predicted molar refractivity (Wildman–Crippen MR) is 77.9 cm³/mol. The highest BCUT2D eigenvalue weighted by molar-refractivity contribution is 5.91. The second kappa shape index (κ2) is 8.02. The van der Waals surface area contributed by atoms with Crippen LogP contribution in [0.3, 0.4) is 0 Å². The molecule has 1 heterocycles. The van der Waals surface area contributed by atoms with E-state index < -0.39 is 0 Å². The Balaban J connectivity index is 1.90. The van der Waals surface area contributed by atoms with Crippen molar-refractivity contribution < 1.29 is 14.3 Å². The van der Waals surface area contributed by atoms with Crippen LogP contribution < -0.4 is 5.32 Å². The molecular formula is C16H23NO3. The Morgan fingerprint density at radius 2 is 2.25 bits per heavy atom. The van der Waals surface area contributed by atoms with Gasteiger partial charge in [0.15, 0.2) is 0 Å². The summed E-state index contributed by atoms with van der Waals surface area (Å²) in [5.41, 5.74) is 1.69. The van der Waals surface area contributed by atoms with Crippen molar-refractivity contribution in [3.05, 3.63) is 35.4 Å². The summed E-state index contributed by atoms with van der Waals surface area (Å²) in [6.45, 7) is 1.98. The molecule has 1 saturated heterocycles. The SMILES string of the molecule is CNCCc1ccccc1C(=O)OCC1CCCCO1. The summed E-state index contributed by atoms with van der Waals surface area (Å²) in [6, 6.07) is 7.63. The fraction of sp³-hybridized carbons (Fsp3) is 0.562. The highest BCUT2D eigenvalue weighted by Crippen LogP contribution is 2.15. The van der Waals surface area contributed by atoms with E-state index in [0.29, 0.717) is 12.2 Å². The van der Waals surface area contributed by atoms with Crippen molar-refractivity contribution in [1.29, 1.82) is 0 Å². The maximum absolute atomic E-state index is 12.2. The number of benzene rings is 1. The summed E-state index contributed by atoms with van der Waals surface area (Å²) >= 11 is 0.